The van der Waals surface area contributed by atoms with Gasteiger partial charge in [-0.3, -0.25) is 4.79 Å². The molecule has 3 rings (SSSR count). The minimum Gasteiger partial charge on any atom is -0.497 e. The van der Waals surface area contributed by atoms with Crippen LogP contribution in [0.1, 0.15) is 28.5 Å². The van der Waals surface area contributed by atoms with Crippen LogP contribution in [0.4, 0.5) is 0 Å². The highest BCUT2D eigenvalue weighted by Crippen LogP contribution is 2.31. The highest BCUT2D eigenvalue weighted by Gasteiger charge is 2.22. The van der Waals surface area contributed by atoms with E-state index >= 15 is 0 Å². The predicted molar refractivity (Wildman–Crippen MR) is 115 cm³/mol. The summed E-state index contributed by atoms with van der Waals surface area (Å²) in [5.74, 6) is -0.548. The van der Waals surface area contributed by atoms with Gasteiger partial charge in [0.2, 0.25) is 0 Å². The van der Waals surface area contributed by atoms with Gasteiger partial charge in [0, 0.05) is 30.3 Å². The Morgan fingerprint density at radius 2 is 1.76 bits per heavy atom. The van der Waals surface area contributed by atoms with Crippen molar-refractivity contribution < 1.29 is 14.6 Å². The molecular weight excluding hydrogens is 413 g/mol. The lowest BCUT2D eigenvalue weighted by Crippen LogP contribution is -2.23. The van der Waals surface area contributed by atoms with Crippen molar-refractivity contribution in [3.8, 4) is 17.0 Å². The number of rotatable bonds is 6. The fraction of sp³-hybridized carbons (Fsp3) is 0.182. The molecule has 1 heterocycles. The molecule has 1 aromatic heterocycles. The summed E-state index contributed by atoms with van der Waals surface area (Å²) in [4.78, 5) is 24.6. The normalized spacial score (nSPS) is 10.8. The Labute approximate surface area is 178 Å². The molecule has 29 heavy (non-hydrogen) atoms. The molecule has 0 amide bonds. The number of methoxy groups -OCH3 is 1. The molecule has 0 saturated heterocycles. The second-order valence-corrected chi connectivity index (χ2v) is 7.24. The number of pyridine rings is 1. The maximum Gasteiger partial charge on any atom is 0.341 e. The maximum absolute atomic E-state index is 12.7. The van der Waals surface area contributed by atoms with Gasteiger partial charge in [0.1, 0.15) is 11.3 Å². The Hall–Kier alpha value is -2.76. The molecule has 0 unspecified atom stereocenters. The van der Waals surface area contributed by atoms with Gasteiger partial charge in [0.05, 0.1) is 22.8 Å². The Morgan fingerprint density at radius 3 is 2.31 bits per heavy atom. The van der Waals surface area contributed by atoms with Crippen molar-refractivity contribution in [1.29, 1.82) is 0 Å². The molecule has 0 atom stereocenters. The zero-order valence-corrected chi connectivity index (χ0v) is 17.4. The van der Waals surface area contributed by atoms with Crippen LogP contribution in [0, 0.1) is 0 Å². The van der Waals surface area contributed by atoms with E-state index in [0.29, 0.717) is 34.9 Å². The van der Waals surface area contributed by atoms with Crippen LogP contribution in [0.5, 0.6) is 5.75 Å². The number of hydrogen-bond acceptors (Lipinski definition) is 3. The van der Waals surface area contributed by atoms with Gasteiger partial charge in [-0.05, 0) is 36.8 Å². The summed E-state index contributed by atoms with van der Waals surface area (Å²) in [6, 6.07) is 13.7. The molecule has 2 aromatic carbocycles. The first-order valence-corrected chi connectivity index (χ1v) is 9.69. The van der Waals surface area contributed by atoms with Crippen LogP contribution in [-0.4, -0.2) is 22.8 Å². The van der Waals surface area contributed by atoms with Gasteiger partial charge in [-0.2, -0.15) is 0 Å². The van der Waals surface area contributed by atoms with Crippen LogP contribution in [0.25, 0.3) is 11.3 Å². The Balaban J connectivity index is 2.22. The van der Waals surface area contributed by atoms with Gasteiger partial charge in [0.15, 0.2) is 5.43 Å². The number of carbonyl (C=O) groups is 1. The number of ether oxygens (including phenoxy) is 1. The molecule has 7 heteroatoms. The third-order valence-corrected chi connectivity index (χ3v) is 5.40. The summed E-state index contributed by atoms with van der Waals surface area (Å²) in [6.45, 7) is 2.37. The first-order chi connectivity index (χ1) is 13.8. The quantitative estimate of drug-likeness (QED) is 0.586. The van der Waals surface area contributed by atoms with Gasteiger partial charge in [0.25, 0.3) is 0 Å². The van der Waals surface area contributed by atoms with E-state index in [9.17, 15) is 14.7 Å². The summed E-state index contributed by atoms with van der Waals surface area (Å²) in [6.07, 6.45) is 0.460. The summed E-state index contributed by atoms with van der Waals surface area (Å²) < 4.78 is 7.01. The van der Waals surface area contributed by atoms with Crippen LogP contribution in [0.3, 0.4) is 0 Å². The van der Waals surface area contributed by atoms with E-state index in [4.69, 9.17) is 27.9 Å². The van der Waals surface area contributed by atoms with E-state index in [-0.39, 0.29) is 10.6 Å². The highest BCUT2D eigenvalue weighted by molar-refractivity contribution is 6.42. The molecule has 0 fully saturated rings. The lowest BCUT2D eigenvalue weighted by molar-refractivity contribution is 0.0695. The first kappa shape index (κ1) is 21.0. The molecule has 0 bridgehead atoms. The zero-order valence-electron chi connectivity index (χ0n) is 15.9. The Kier molecular flexibility index (Phi) is 6.30. The number of aromatic nitrogens is 1. The van der Waals surface area contributed by atoms with Gasteiger partial charge >= 0.3 is 5.97 Å². The molecule has 150 valence electrons. The Morgan fingerprint density at radius 1 is 1.07 bits per heavy atom. The van der Waals surface area contributed by atoms with Crippen molar-refractivity contribution >= 4 is 29.2 Å². The molecule has 0 spiro atoms. The van der Waals surface area contributed by atoms with Crippen molar-refractivity contribution in [1.82, 2.24) is 4.57 Å². The highest BCUT2D eigenvalue weighted by atomic mass is 35.5. The minimum absolute atomic E-state index is 0.288. The van der Waals surface area contributed by atoms with E-state index in [1.807, 2.05) is 35.8 Å². The van der Waals surface area contributed by atoms with Crippen LogP contribution in [-0.2, 0) is 13.0 Å². The zero-order chi connectivity index (χ0) is 21.1. The van der Waals surface area contributed by atoms with Crippen molar-refractivity contribution in [3.05, 3.63) is 85.6 Å². The maximum atomic E-state index is 12.7. The molecule has 0 aliphatic heterocycles. The molecule has 0 radical (unpaired) electrons. The fourth-order valence-corrected chi connectivity index (χ4v) is 3.61. The van der Waals surface area contributed by atoms with E-state index in [0.717, 1.165) is 11.3 Å². The monoisotopic (exact) mass is 431 g/mol. The molecule has 0 aliphatic rings. The van der Waals surface area contributed by atoms with Gasteiger partial charge in [-0.25, -0.2) is 4.79 Å². The lowest BCUT2D eigenvalue weighted by Gasteiger charge is -2.20. The molecule has 3 aromatic rings. The topological polar surface area (TPSA) is 68.5 Å². The number of nitrogens with zero attached hydrogens (tertiary/aromatic N) is 1. The summed E-state index contributed by atoms with van der Waals surface area (Å²) in [5, 5.41) is 10.3. The summed E-state index contributed by atoms with van der Waals surface area (Å²) in [5.41, 5.74) is 1.67. The van der Waals surface area contributed by atoms with E-state index in [1.165, 1.54) is 6.07 Å². The molecule has 1 N–H and O–H groups in total. The SMILES string of the molecule is CCn1c(Cc2ccc(OC)cc2)cc(=O)c(C(=O)O)c1-c1ccc(Cl)c(Cl)c1. The average Bonchev–Trinajstić information content (AvgIpc) is 2.70. The number of benzene rings is 2. The van der Waals surface area contributed by atoms with Crippen molar-refractivity contribution in [2.75, 3.05) is 7.11 Å². The van der Waals surface area contributed by atoms with Gasteiger partial charge in [-0.15, -0.1) is 0 Å². The molecular formula is C22H19Cl2NO4. The van der Waals surface area contributed by atoms with Crippen LogP contribution in [0.2, 0.25) is 10.0 Å². The number of carboxylic acids is 1. The van der Waals surface area contributed by atoms with E-state index < -0.39 is 11.4 Å². The van der Waals surface area contributed by atoms with Crippen molar-refractivity contribution in [2.24, 2.45) is 0 Å². The third kappa shape index (κ3) is 4.31. The largest absolute Gasteiger partial charge is 0.497 e. The average molecular weight is 432 g/mol. The van der Waals surface area contributed by atoms with Gasteiger partial charge < -0.3 is 14.4 Å². The summed E-state index contributed by atoms with van der Waals surface area (Å²) >= 11 is 12.2. The standard InChI is InChI=1S/C22H19Cl2NO4/c1-3-25-15(10-13-4-7-16(29-2)8-5-13)12-19(26)20(22(27)28)21(25)14-6-9-17(23)18(24)11-14/h4-9,11-12H,3,10H2,1-2H3,(H,27,28). The minimum atomic E-state index is -1.28. The number of carboxylic acid groups (broad SMARTS) is 1. The summed E-state index contributed by atoms with van der Waals surface area (Å²) in [7, 11) is 1.60. The van der Waals surface area contributed by atoms with Gasteiger partial charge in [-0.1, -0.05) is 41.4 Å². The van der Waals surface area contributed by atoms with E-state index in [1.54, 1.807) is 25.3 Å². The number of hydrogen-bond donors (Lipinski definition) is 1. The lowest BCUT2D eigenvalue weighted by atomic mass is 10.0. The van der Waals surface area contributed by atoms with Crippen LogP contribution < -0.4 is 10.2 Å². The second kappa shape index (κ2) is 8.72. The second-order valence-electron chi connectivity index (χ2n) is 6.43. The number of aromatic carboxylic acids is 1. The number of halogens is 2. The van der Waals surface area contributed by atoms with Crippen LogP contribution >= 0.6 is 23.2 Å². The third-order valence-electron chi connectivity index (χ3n) is 4.66. The van der Waals surface area contributed by atoms with E-state index in [2.05, 4.69) is 0 Å². The molecule has 0 aliphatic carbocycles. The van der Waals surface area contributed by atoms with Crippen molar-refractivity contribution in [2.45, 2.75) is 19.9 Å². The van der Waals surface area contributed by atoms with Crippen molar-refractivity contribution in [3.63, 3.8) is 0 Å². The predicted octanol–water partition coefficient (Wildman–Crippen LogP) is 5.14. The Bertz CT molecular complexity index is 1120. The molecule has 0 saturated carbocycles. The molecule has 5 nitrogen and oxygen atoms in total. The first-order valence-electron chi connectivity index (χ1n) is 8.94. The van der Waals surface area contributed by atoms with Crippen LogP contribution in [0.15, 0.2) is 53.3 Å². The fourth-order valence-electron chi connectivity index (χ4n) is 3.31. The smallest absolute Gasteiger partial charge is 0.341 e.